The molecule has 2 unspecified atom stereocenters. The maximum atomic E-state index is 10.3. The molecule has 0 aromatic carbocycles. The summed E-state index contributed by atoms with van der Waals surface area (Å²) < 4.78 is 22.1. The zero-order chi connectivity index (χ0) is 13.6. The van der Waals surface area contributed by atoms with Crippen LogP contribution in [0.15, 0.2) is 0 Å². The largest absolute Gasteiger partial charge is 0.394 e. The molecule has 106 valence electrons. The summed E-state index contributed by atoms with van der Waals surface area (Å²) in [5.41, 5.74) is 0. The zero-order valence-electron chi connectivity index (χ0n) is 11.3. The number of hydrogen-bond donors (Lipinski definition) is 2. The van der Waals surface area contributed by atoms with E-state index in [1.807, 2.05) is 0 Å². The van der Waals surface area contributed by atoms with Crippen molar-refractivity contribution in [3.63, 3.8) is 0 Å². The second-order valence-corrected chi connectivity index (χ2v) is 5.68. The second-order valence-electron chi connectivity index (χ2n) is 5.68. The number of hydrogen-bond acceptors (Lipinski definition) is 6. The van der Waals surface area contributed by atoms with Crippen molar-refractivity contribution in [2.45, 2.75) is 63.7 Å². The highest BCUT2D eigenvalue weighted by molar-refractivity contribution is 4.91. The first-order valence-electron chi connectivity index (χ1n) is 6.20. The normalized spacial score (nSPS) is 40.0. The molecule has 18 heavy (non-hydrogen) atoms. The Morgan fingerprint density at radius 1 is 1.11 bits per heavy atom. The van der Waals surface area contributed by atoms with E-state index in [0.717, 1.165) is 0 Å². The highest BCUT2D eigenvalue weighted by Gasteiger charge is 2.49. The maximum Gasteiger partial charge on any atom is 0.164 e. The minimum Gasteiger partial charge on any atom is -0.394 e. The first kappa shape index (κ1) is 14.2. The molecule has 0 aromatic rings. The Morgan fingerprint density at radius 3 is 2.28 bits per heavy atom. The summed E-state index contributed by atoms with van der Waals surface area (Å²) in [4.78, 5) is 0. The molecule has 0 amide bonds. The van der Waals surface area contributed by atoms with Gasteiger partial charge in [-0.2, -0.15) is 0 Å². The van der Waals surface area contributed by atoms with Crippen LogP contribution in [0.4, 0.5) is 0 Å². The van der Waals surface area contributed by atoms with Crippen molar-refractivity contribution in [2.24, 2.45) is 0 Å². The monoisotopic (exact) mass is 262 g/mol. The lowest BCUT2D eigenvalue weighted by atomic mass is 10.0. The summed E-state index contributed by atoms with van der Waals surface area (Å²) in [5, 5.41) is 19.6. The van der Waals surface area contributed by atoms with Gasteiger partial charge in [-0.05, 0) is 27.7 Å². The topological polar surface area (TPSA) is 77.4 Å². The summed E-state index contributed by atoms with van der Waals surface area (Å²) >= 11 is 0. The van der Waals surface area contributed by atoms with E-state index >= 15 is 0 Å². The highest BCUT2D eigenvalue weighted by atomic mass is 16.8. The smallest absolute Gasteiger partial charge is 0.164 e. The Labute approximate surface area is 107 Å². The molecule has 0 aromatic heterocycles. The molecular weight excluding hydrogens is 240 g/mol. The fourth-order valence-corrected chi connectivity index (χ4v) is 2.39. The van der Waals surface area contributed by atoms with Crippen LogP contribution in [0.25, 0.3) is 0 Å². The molecule has 0 aliphatic carbocycles. The molecule has 0 spiro atoms. The molecule has 0 radical (unpaired) electrons. The van der Waals surface area contributed by atoms with Crippen LogP contribution < -0.4 is 0 Å². The van der Waals surface area contributed by atoms with E-state index in [2.05, 4.69) is 0 Å². The van der Waals surface area contributed by atoms with Gasteiger partial charge in [0.25, 0.3) is 0 Å². The molecule has 6 nitrogen and oxygen atoms in total. The van der Waals surface area contributed by atoms with Crippen LogP contribution in [0.2, 0.25) is 0 Å². The summed E-state index contributed by atoms with van der Waals surface area (Å²) in [6, 6.07) is 0. The molecule has 0 bridgehead atoms. The van der Waals surface area contributed by atoms with E-state index in [9.17, 15) is 10.2 Å². The molecule has 2 heterocycles. The van der Waals surface area contributed by atoms with Crippen LogP contribution in [-0.2, 0) is 18.9 Å². The average Bonchev–Trinajstić information content (AvgIpc) is 2.77. The van der Waals surface area contributed by atoms with Gasteiger partial charge in [0.2, 0.25) is 0 Å². The van der Waals surface area contributed by atoms with Crippen molar-refractivity contribution in [2.75, 3.05) is 13.2 Å². The van der Waals surface area contributed by atoms with Gasteiger partial charge >= 0.3 is 0 Å². The fraction of sp³-hybridized carbons (Fsp3) is 1.00. The zero-order valence-corrected chi connectivity index (χ0v) is 11.3. The van der Waals surface area contributed by atoms with E-state index in [1.165, 1.54) is 0 Å². The van der Waals surface area contributed by atoms with Crippen LogP contribution >= 0.6 is 0 Å². The quantitative estimate of drug-likeness (QED) is 0.746. The van der Waals surface area contributed by atoms with Crippen molar-refractivity contribution < 1.29 is 29.2 Å². The minimum absolute atomic E-state index is 0.206. The van der Waals surface area contributed by atoms with Gasteiger partial charge in [-0.3, -0.25) is 0 Å². The molecule has 6 heteroatoms. The molecule has 2 saturated heterocycles. The van der Waals surface area contributed by atoms with Gasteiger partial charge in [0, 0.05) is 0 Å². The van der Waals surface area contributed by atoms with E-state index in [4.69, 9.17) is 18.9 Å². The van der Waals surface area contributed by atoms with E-state index in [0.29, 0.717) is 6.61 Å². The molecule has 2 aliphatic rings. The van der Waals surface area contributed by atoms with Crippen LogP contribution in [0.1, 0.15) is 27.7 Å². The standard InChI is InChI=1S/C12H22O6/c1-11(2)15-6-8(17-11)9(14)10-7(5-13)16-12(3,4)18-10/h7-10,13-14H,5-6H2,1-4H3/t7?,8?,9-,10-/m0/s1. The summed E-state index contributed by atoms with van der Waals surface area (Å²) in [7, 11) is 0. The van der Waals surface area contributed by atoms with E-state index < -0.39 is 36.0 Å². The molecule has 0 saturated carbocycles. The fourth-order valence-electron chi connectivity index (χ4n) is 2.39. The van der Waals surface area contributed by atoms with Crippen molar-refractivity contribution in [3.05, 3.63) is 0 Å². The third kappa shape index (κ3) is 2.84. The average molecular weight is 262 g/mol. The summed E-state index contributed by atoms with van der Waals surface area (Å²) in [6.07, 6.45) is -2.54. The lowest BCUT2D eigenvalue weighted by molar-refractivity contribution is -0.178. The molecule has 2 aliphatic heterocycles. The Balaban J connectivity index is 2.02. The lowest BCUT2D eigenvalue weighted by Gasteiger charge is -2.26. The molecule has 2 fully saturated rings. The first-order valence-corrected chi connectivity index (χ1v) is 6.20. The number of ether oxygens (including phenoxy) is 4. The van der Waals surface area contributed by atoms with Crippen molar-refractivity contribution in [1.82, 2.24) is 0 Å². The predicted octanol–water partition coefficient (Wildman–Crippen LogP) is 0.0112. The minimum atomic E-state index is -0.898. The van der Waals surface area contributed by atoms with Crippen molar-refractivity contribution in [3.8, 4) is 0 Å². The lowest BCUT2D eigenvalue weighted by Crippen LogP contribution is -2.45. The molecule has 2 rings (SSSR count). The van der Waals surface area contributed by atoms with Crippen molar-refractivity contribution in [1.29, 1.82) is 0 Å². The first-order chi connectivity index (χ1) is 8.24. The number of aliphatic hydroxyl groups excluding tert-OH is 2. The SMILES string of the molecule is CC1(C)OCC([C@H](O)[C@H]2OC(C)(C)OC2CO)O1. The van der Waals surface area contributed by atoms with Crippen LogP contribution in [0, 0.1) is 0 Å². The Kier molecular flexibility index (Phi) is 3.70. The van der Waals surface area contributed by atoms with Crippen LogP contribution in [-0.4, -0.2) is 59.4 Å². The van der Waals surface area contributed by atoms with Crippen LogP contribution in [0.5, 0.6) is 0 Å². The number of aliphatic hydroxyl groups is 2. The van der Waals surface area contributed by atoms with Gasteiger partial charge in [0.15, 0.2) is 11.6 Å². The summed E-state index contributed by atoms with van der Waals surface area (Å²) in [6.45, 7) is 7.17. The Hall–Kier alpha value is -0.240. The summed E-state index contributed by atoms with van der Waals surface area (Å²) in [5.74, 6) is -1.51. The Bertz CT molecular complexity index is 303. The van der Waals surface area contributed by atoms with Gasteiger partial charge in [-0.25, -0.2) is 0 Å². The van der Waals surface area contributed by atoms with Gasteiger partial charge in [0.05, 0.1) is 13.2 Å². The second kappa shape index (κ2) is 4.70. The Morgan fingerprint density at radius 2 is 1.78 bits per heavy atom. The van der Waals surface area contributed by atoms with Crippen molar-refractivity contribution >= 4 is 0 Å². The van der Waals surface area contributed by atoms with E-state index in [1.54, 1.807) is 27.7 Å². The molecule has 2 N–H and O–H groups in total. The molecular formula is C12H22O6. The predicted molar refractivity (Wildman–Crippen MR) is 61.8 cm³/mol. The third-order valence-corrected chi connectivity index (χ3v) is 3.15. The van der Waals surface area contributed by atoms with Gasteiger partial charge in [-0.15, -0.1) is 0 Å². The molecule has 4 atom stereocenters. The maximum absolute atomic E-state index is 10.3. The van der Waals surface area contributed by atoms with Gasteiger partial charge in [-0.1, -0.05) is 0 Å². The van der Waals surface area contributed by atoms with Crippen LogP contribution in [0.3, 0.4) is 0 Å². The highest BCUT2D eigenvalue weighted by Crippen LogP contribution is 2.33. The van der Waals surface area contributed by atoms with Gasteiger partial charge < -0.3 is 29.2 Å². The number of rotatable bonds is 3. The van der Waals surface area contributed by atoms with Gasteiger partial charge in [0.1, 0.15) is 24.4 Å². The van der Waals surface area contributed by atoms with E-state index in [-0.39, 0.29) is 6.61 Å². The third-order valence-electron chi connectivity index (χ3n) is 3.15.